The second kappa shape index (κ2) is 4.88. The second-order valence-corrected chi connectivity index (χ2v) is 6.74. The maximum atomic E-state index is 12.4. The number of benzene rings is 2. The van der Waals surface area contributed by atoms with Crippen LogP contribution in [0.25, 0.3) is 0 Å². The zero-order valence-corrected chi connectivity index (χ0v) is 11.6. The fourth-order valence-electron chi connectivity index (χ4n) is 1.97. The van der Waals surface area contributed by atoms with Gasteiger partial charge in [-0.1, -0.05) is 42.5 Å². The van der Waals surface area contributed by atoms with Crippen LogP contribution in [0.4, 0.5) is 0 Å². The topological polar surface area (TPSA) is 20.3 Å². The smallest absolute Gasteiger partial charge is 0.139 e. The molecule has 2 aromatic rings. The third kappa shape index (κ3) is 2.00. The maximum absolute atomic E-state index is 12.4. The molecular weight excluding hydrogens is 262 g/mol. The molecule has 2 aromatic carbocycles. The first-order valence-corrected chi connectivity index (χ1v) is 7.68. The van der Waals surface area contributed by atoms with Crippen LogP contribution < -0.4 is 0 Å². The number of hydrogen-bond donors (Lipinski definition) is 0. The van der Waals surface area contributed by atoms with Crippen molar-refractivity contribution in [2.75, 3.05) is 0 Å². The zero-order valence-electron chi connectivity index (χ0n) is 9.95. The van der Waals surface area contributed by atoms with Gasteiger partial charge in [-0.15, -0.1) is 0 Å². The summed E-state index contributed by atoms with van der Waals surface area (Å²) in [5.74, 6) is 0. The molecule has 0 aromatic heterocycles. The van der Waals surface area contributed by atoms with E-state index in [-0.39, 0.29) is 6.04 Å². The van der Waals surface area contributed by atoms with Crippen LogP contribution in [0.2, 0.25) is 0 Å². The van der Waals surface area contributed by atoms with Crippen molar-refractivity contribution >= 4 is 22.9 Å². The van der Waals surface area contributed by atoms with Crippen LogP contribution in [0.3, 0.4) is 0 Å². The van der Waals surface area contributed by atoms with E-state index in [1.807, 2.05) is 46.2 Å². The fourth-order valence-corrected chi connectivity index (χ4v) is 4.86. The number of hydrogen-bond acceptors (Lipinski definition) is 2. The van der Waals surface area contributed by atoms with Crippen LogP contribution >= 0.6 is 11.9 Å². The summed E-state index contributed by atoms with van der Waals surface area (Å²) < 4.78 is 14.4. The third-order valence-corrected chi connectivity index (χ3v) is 6.17. The van der Waals surface area contributed by atoms with E-state index in [9.17, 15) is 4.21 Å². The molecular formula is C14H13NOS2. The average Bonchev–Trinajstić information content (AvgIpc) is 2.77. The molecule has 1 aliphatic rings. The number of rotatable bonds is 2. The lowest BCUT2D eigenvalue weighted by molar-refractivity contribution is 0.551. The maximum Gasteiger partial charge on any atom is 0.139 e. The molecule has 1 aliphatic heterocycles. The first-order chi connectivity index (χ1) is 8.77. The summed E-state index contributed by atoms with van der Waals surface area (Å²) >= 11 is 1.58. The van der Waals surface area contributed by atoms with Crippen molar-refractivity contribution in [3.63, 3.8) is 0 Å². The summed E-state index contributed by atoms with van der Waals surface area (Å²) in [6.45, 7) is 2.09. The molecule has 2 atom stereocenters. The predicted octanol–water partition coefficient (Wildman–Crippen LogP) is 3.79. The molecule has 0 saturated heterocycles. The molecule has 3 rings (SSSR count). The highest BCUT2D eigenvalue weighted by atomic mass is 32.2. The van der Waals surface area contributed by atoms with Gasteiger partial charge in [0.05, 0.1) is 10.9 Å². The van der Waals surface area contributed by atoms with Crippen molar-refractivity contribution in [1.82, 2.24) is 3.71 Å². The molecule has 0 spiro atoms. The van der Waals surface area contributed by atoms with Gasteiger partial charge in [-0.3, -0.25) is 0 Å². The summed E-state index contributed by atoms with van der Waals surface area (Å²) in [6.07, 6.45) is 0. The van der Waals surface area contributed by atoms with E-state index in [0.29, 0.717) is 0 Å². The fraction of sp³-hybridized carbons (Fsp3) is 0.143. The van der Waals surface area contributed by atoms with Gasteiger partial charge in [-0.2, -0.15) is 3.71 Å². The lowest BCUT2D eigenvalue weighted by Gasteiger charge is -2.20. The van der Waals surface area contributed by atoms with Crippen LogP contribution in [-0.2, 0) is 11.0 Å². The van der Waals surface area contributed by atoms with Crippen molar-refractivity contribution in [2.45, 2.75) is 22.8 Å². The molecule has 2 nitrogen and oxygen atoms in total. The summed E-state index contributed by atoms with van der Waals surface area (Å²) in [4.78, 5) is 2.02. The summed E-state index contributed by atoms with van der Waals surface area (Å²) in [6, 6.07) is 18.2. The van der Waals surface area contributed by atoms with E-state index in [4.69, 9.17) is 0 Å². The molecule has 0 unspecified atom stereocenters. The average molecular weight is 275 g/mol. The summed E-state index contributed by atoms with van der Waals surface area (Å²) in [7, 11) is -1.07. The van der Waals surface area contributed by atoms with Crippen LogP contribution in [0.1, 0.15) is 18.5 Å². The minimum Gasteiger partial charge on any atom is -0.236 e. The molecule has 0 radical (unpaired) electrons. The first-order valence-electron chi connectivity index (χ1n) is 5.80. The van der Waals surface area contributed by atoms with E-state index in [0.717, 1.165) is 9.79 Å². The molecule has 0 fully saturated rings. The van der Waals surface area contributed by atoms with E-state index >= 15 is 0 Å². The van der Waals surface area contributed by atoms with Crippen LogP contribution in [0.5, 0.6) is 0 Å². The molecule has 0 aliphatic carbocycles. The Hall–Kier alpha value is -1.10. The summed E-state index contributed by atoms with van der Waals surface area (Å²) in [5.41, 5.74) is 1.19. The van der Waals surface area contributed by atoms with Gasteiger partial charge in [-0.05, 0) is 36.6 Å². The Balaban J connectivity index is 1.91. The van der Waals surface area contributed by atoms with Gasteiger partial charge in [0, 0.05) is 4.90 Å². The van der Waals surface area contributed by atoms with Crippen molar-refractivity contribution < 1.29 is 4.21 Å². The standard InChI is InChI=1S/C14H13NOS2/c1-11(12-7-3-2-4-8-12)15-17-13-9-5-6-10-14(13)18(15)16/h2-11H,1H3/t11-,18-/m0/s1. The van der Waals surface area contributed by atoms with E-state index < -0.39 is 11.0 Å². The van der Waals surface area contributed by atoms with E-state index in [2.05, 4.69) is 19.1 Å². The molecule has 0 saturated carbocycles. The number of nitrogens with zero attached hydrogens (tertiary/aromatic N) is 1. The largest absolute Gasteiger partial charge is 0.236 e. The number of fused-ring (bicyclic) bond motifs is 1. The quantitative estimate of drug-likeness (QED) is 0.777. The van der Waals surface area contributed by atoms with Crippen molar-refractivity contribution in [2.24, 2.45) is 0 Å². The van der Waals surface area contributed by atoms with Gasteiger partial charge in [0.25, 0.3) is 0 Å². The third-order valence-electron chi connectivity index (χ3n) is 2.99. The van der Waals surface area contributed by atoms with Crippen LogP contribution in [0, 0.1) is 0 Å². The highest BCUT2D eigenvalue weighted by Gasteiger charge is 2.32. The molecule has 0 bridgehead atoms. The zero-order chi connectivity index (χ0) is 12.5. The van der Waals surface area contributed by atoms with E-state index in [1.54, 1.807) is 11.9 Å². The predicted molar refractivity (Wildman–Crippen MR) is 75.4 cm³/mol. The van der Waals surface area contributed by atoms with E-state index in [1.165, 1.54) is 5.56 Å². The Morgan fingerprint density at radius 2 is 1.72 bits per heavy atom. The highest BCUT2D eigenvalue weighted by Crippen LogP contribution is 2.44. The molecule has 92 valence electrons. The molecule has 1 heterocycles. The minimum atomic E-state index is -1.07. The van der Waals surface area contributed by atoms with Crippen LogP contribution in [0.15, 0.2) is 64.4 Å². The Morgan fingerprint density at radius 3 is 2.44 bits per heavy atom. The summed E-state index contributed by atoms with van der Waals surface area (Å²) in [5, 5.41) is 0. The normalized spacial score (nSPS) is 20.6. The SMILES string of the molecule is C[C@@H](c1ccccc1)N1Sc2ccccc2[S@@]1=O. The molecule has 4 heteroatoms. The Morgan fingerprint density at radius 1 is 1.06 bits per heavy atom. The highest BCUT2D eigenvalue weighted by molar-refractivity contribution is 8.09. The Labute approximate surface area is 114 Å². The van der Waals surface area contributed by atoms with Crippen LogP contribution in [-0.4, -0.2) is 7.92 Å². The Kier molecular flexibility index (Phi) is 3.24. The first kappa shape index (κ1) is 12.0. The van der Waals surface area contributed by atoms with Gasteiger partial charge in [0.1, 0.15) is 11.0 Å². The molecule has 0 N–H and O–H groups in total. The van der Waals surface area contributed by atoms with Gasteiger partial charge in [0.2, 0.25) is 0 Å². The monoisotopic (exact) mass is 275 g/mol. The van der Waals surface area contributed by atoms with Gasteiger partial charge < -0.3 is 0 Å². The second-order valence-electron chi connectivity index (χ2n) is 4.16. The van der Waals surface area contributed by atoms with Crippen molar-refractivity contribution in [3.05, 3.63) is 60.2 Å². The molecule has 0 amide bonds. The minimum absolute atomic E-state index is 0.129. The van der Waals surface area contributed by atoms with Gasteiger partial charge in [-0.25, -0.2) is 4.21 Å². The van der Waals surface area contributed by atoms with Crippen molar-refractivity contribution in [1.29, 1.82) is 0 Å². The van der Waals surface area contributed by atoms with Gasteiger partial charge >= 0.3 is 0 Å². The lowest BCUT2D eigenvalue weighted by Crippen LogP contribution is -2.18. The Bertz CT molecular complexity index is 585. The lowest BCUT2D eigenvalue weighted by atomic mass is 10.1. The van der Waals surface area contributed by atoms with Gasteiger partial charge in [0.15, 0.2) is 0 Å². The van der Waals surface area contributed by atoms with Crippen molar-refractivity contribution in [3.8, 4) is 0 Å². The molecule has 18 heavy (non-hydrogen) atoms.